The minimum Gasteiger partial charge on any atom is -0.484 e. The molecule has 3 aromatic carbocycles. The maximum atomic E-state index is 13.5. The number of nitrogens with one attached hydrogen (secondary N) is 1. The van der Waals surface area contributed by atoms with E-state index in [1.54, 1.807) is 29.2 Å². The molecule has 0 saturated carbocycles. The molecular weight excluding hydrogens is 460 g/mol. The molecule has 0 radical (unpaired) electrons. The quantitative estimate of drug-likeness (QED) is 0.428. The van der Waals surface area contributed by atoms with E-state index in [0.29, 0.717) is 43.2 Å². The Morgan fingerprint density at radius 2 is 1.51 bits per heavy atom. The number of rotatable bonds is 9. The normalized spacial score (nSPS) is 14.8. The molecule has 1 saturated heterocycles. The molecule has 0 atom stereocenters. The van der Waals surface area contributed by atoms with Gasteiger partial charge in [0.15, 0.2) is 6.61 Å². The molecule has 6 heteroatoms. The van der Waals surface area contributed by atoms with Gasteiger partial charge in [-0.3, -0.25) is 9.59 Å². The zero-order valence-electron chi connectivity index (χ0n) is 19.8. The van der Waals surface area contributed by atoms with E-state index in [-0.39, 0.29) is 18.4 Å². The summed E-state index contributed by atoms with van der Waals surface area (Å²) in [4.78, 5) is 28.1. The van der Waals surface area contributed by atoms with Crippen LogP contribution in [0, 0.1) is 0 Å². The van der Waals surface area contributed by atoms with E-state index in [1.165, 1.54) is 5.56 Å². The van der Waals surface area contributed by atoms with Crippen molar-refractivity contribution in [3.8, 4) is 5.75 Å². The maximum absolute atomic E-state index is 13.5. The predicted molar refractivity (Wildman–Crippen MR) is 139 cm³/mol. The lowest BCUT2D eigenvalue weighted by Gasteiger charge is -2.41. The summed E-state index contributed by atoms with van der Waals surface area (Å²) in [6, 6.07) is 27.2. The Labute approximate surface area is 212 Å². The first-order chi connectivity index (χ1) is 17.1. The monoisotopic (exact) mass is 490 g/mol. The van der Waals surface area contributed by atoms with Gasteiger partial charge in [0.05, 0.1) is 5.41 Å². The summed E-state index contributed by atoms with van der Waals surface area (Å²) in [5.41, 5.74) is 1.64. The molecule has 1 heterocycles. The Morgan fingerprint density at radius 1 is 0.886 bits per heavy atom. The van der Waals surface area contributed by atoms with Gasteiger partial charge in [0.2, 0.25) is 5.91 Å². The molecule has 0 bridgehead atoms. The van der Waals surface area contributed by atoms with Crippen molar-refractivity contribution in [2.75, 3.05) is 26.2 Å². The van der Waals surface area contributed by atoms with E-state index in [0.717, 1.165) is 18.4 Å². The number of hydrogen-bond acceptors (Lipinski definition) is 3. The summed E-state index contributed by atoms with van der Waals surface area (Å²) in [5.74, 6) is 0.569. The maximum Gasteiger partial charge on any atom is 0.260 e. The Bertz CT molecular complexity index is 1100. The Kier molecular flexibility index (Phi) is 8.43. The smallest absolute Gasteiger partial charge is 0.260 e. The van der Waals surface area contributed by atoms with E-state index in [1.807, 2.05) is 48.5 Å². The molecule has 4 rings (SSSR count). The van der Waals surface area contributed by atoms with Gasteiger partial charge in [-0.15, -0.1) is 0 Å². The zero-order valence-corrected chi connectivity index (χ0v) is 20.5. The number of hydrogen-bond donors (Lipinski definition) is 1. The molecule has 0 aliphatic carbocycles. The van der Waals surface area contributed by atoms with Crippen molar-refractivity contribution in [1.82, 2.24) is 10.2 Å². The van der Waals surface area contributed by atoms with Crippen LogP contribution < -0.4 is 10.1 Å². The lowest BCUT2D eigenvalue weighted by molar-refractivity contribution is -0.138. The lowest BCUT2D eigenvalue weighted by atomic mass is 9.72. The molecule has 182 valence electrons. The highest BCUT2D eigenvalue weighted by Gasteiger charge is 2.43. The zero-order chi connectivity index (χ0) is 24.5. The van der Waals surface area contributed by atoms with Crippen molar-refractivity contribution in [1.29, 1.82) is 0 Å². The fourth-order valence-electron chi connectivity index (χ4n) is 4.62. The molecule has 1 fully saturated rings. The lowest BCUT2D eigenvalue weighted by Crippen LogP contribution is -2.53. The second-order valence-electron chi connectivity index (χ2n) is 8.92. The minimum absolute atomic E-state index is 0.0361. The van der Waals surface area contributed by atoms with Gasteiger partial charge in [-0.25, -0.2) is 0 Å². The van der Waals surface area contributed by atoms with Crippen LogP contribution in [0.1, 0.15) is 30.4 Å². The third-order valence-electron chi connectivity index (χ3n) is 6.68. The molecule has 0 spiro atoms. The molecule has 2 amide bonds. The minimum atomic E-state index is -0.637. The molecule has 3 aromatic rings. The number of ether oxygens (including phenoxy) is 1. The summed E-state index contributed by atoms with van der Waals surface area (Å²) in [6.45, 7) is 1.61. The standard InChI is InChI=1S/C29H31ClN2O3/c30-25-13-15-26(16-14-25)35-22-27(33)32-20-17-29(18-21-32,24-11-5-2-6-12-24)28(34)31-19-7-10-23-8-3-1-4-9-23/h1-6,8-9,11-16H,7,10,17-22H2,(H,31,34). The number of piperidine rings is 1. The van der Waals surface area contributed by atoms with Gasteiger partial charge in [-0.2, -0.15) is 0 Å². The number of benzene rings is 3. The van der Waals surface area contributed by atoms with Crippen molar-refractivity contribution >= 4 is 23.4 Å². The van der Waals surface area contributed by atoms with Crippen LogP contribution in [0.4, 0.5) is 0 Å². The second-order valence-corrected chi connectivity index (χ2v) is 9.35. The highest BCUT2D eigenvalue weighted by Crippen LogP contribution is 2.36. The van der Waals surface area contributed by atoms with Gasteiger partial charge >= 0.3 is 0 Å². The number of likely N-dealkylation sites (tertiary alicyclic amines) is 1. The average molecular weight is 491 g/mol. The van der Waals surface area contributed by atoms with Crippen LogP contribution >= 0.6 is 11.6 Å². The van der Waals surface area contributed by atoms with Crippen molar-refractivity contribution in [2.45, 2.75) is 31.1 Å². The molecule has 35 heavy (non-hydrogen) atoms. The fraction of sp³-hybridized carbons (Fsp3) is 0.310. The van der Waals surface area contributed by atoms with Gasteiger partial charge in [-0.1, -0.05) is 72.3 Å². The number of carbonyl (C=O) groups is 2. The fourth-order valence-corrected chi connectivity index (χ4v) is 4.74. The van der Waals surface area contributed by atoms with Gasteiger partial charge in [-0.05, 0) is 61.1 Å². The van der Waals surface area contributed by atoms with E-state index in [9.17, 15) is 9.59 Å². The van der Waals surface area contributed by atoms with Crippen LogP contribution in [0.25, 0.3) is 0 Å². The molecule has 1 aliphatic heterocycles. The first kappa shape index (κ1) is 24.8. The number of amides is 2. The highest BCUT2D eigenvalue weighted by molar-refractivity contribution is 6.30. The van der Waals surface area contributed by atoms with Gasteiger partial charge in [0.25, 0.3) is 5.91 Å². The molecule has 5 nitrogen and oxygen atoms in total. The Morgan fingerprint density at radius 3 is 2.17 bits per heavy atom. The Hall–Kier alpha value is -3.31. The van der Waals surface area contributed by atoms with Crippen LogP contribution in [-0.4, -0.2) is 43.0 Å². The first-order valence-corrected chi connectivity index (χ1v) is 12.5. The third-order valence-corrected chi connectivity index (χ3v) is 6.93. The molecule has 0 aromatic heterocycles. The topological polar surface area (TPSA) is 58.6 Å². The highest BCUT2D eigenvalue weighted by atomic mass is 35.5. The van der Waals surface area contributed by atoms with Crippen molar-refractivity contribution < 1.29 is 14.3 Å². The van der Waals surface area contributed by atoms with E-state index >= 15 is 0 Å². The van der Waals surface area contributed by atoms with E-state index < -0.39 is 5.41 Å². The van der Waals surface area contributed by atoms with Gasteiger partial charge in [0, 0.05) is 24.7 Å². The third kappa shape index (κ3) is 6.43. The number of aryl methyl sites for hydroxylation is 1. The Balaban J connectivity index is 1.34. The largest absolute Gasteiger partial charge is 0.484 e. The van der Waals surface area contributed by atoms with Crippen LogP contribution in [0.3, 0.4) is 0 Å². The summed E-state index contributed by atoms with van der Waals surface area (Å²) in [6.07, 6.45) is 2.96. The van der Waals surface area contributed by atoms with Crippen molar-refractivity contribution in [3.63, 3.8) is 0 Å². The average Bonchev–Trinajstić information content (AvgIpc) is 2.91. The van der Waals surface area contributed by atoms with Crippen LogP contribution in [0.2, 0.25) is 5.02 Å². The number of nitrogens with zero attached hydrogens (tertiary/aromatic N) is 1. The first-order valence-electron chi connectivity index (χ1n) is 12.1. The number of carbonyl (C=O) groups excluding carboxylic acids is 2. The van der Waals surface area contributed by atoms with Gasteiger partial charge in [0.1, 0.15) is 5.75 Å². The van der Waals surface area contributed by atoms with Crippen LogP contribution in [0.15, 0.2) is 84.9 Å². The summed E-state index contributed by atoms with van der Waals surface area (Å²) in [5, 5.41) is 3.80. The van der Waals surface area contributed by atoms with Crippen LogP contribution in [-0.2, 0) is 21.4 Å². The molecule has 1 N–H and O–H groups in total. The summed E-state index contributed by atoms with van der Waals surface area (Å²) < 4.78 is 5.63. The van der Waals surface area contributed by atoms with E-state index in [2.05, 4.69) is 17.4 Å². The predicted octanol–water partition coefficient (Wildman–Crippen LogP) is 5.03. The van der Waals surface area contributed by atoms with Crippen molar-refractivity contribution in [3.05, 3.63) is 101 Å². The summed E-state index contributed by atoms with van der Waals surface area (Å²) in [7, 11) is 0. The SMILES string of the molecule is O=C(COc1ccc(Cl)cc1)N1CCC(C(=O)NCCCc2ccccc2)(c2ccccc2)CC1. The molecule has 0 unspecified atom stereocenters. The van der Waals surface area contributed by atoms with Crippen molar-refractivity contribution in [2.24, 2.45) is 0 Å². The molecule has 1 aliphatic rings. The van der Waals surface area contributed by atoms with Gasteiger partial charge < -0.3 is 15.0 Å². The molecular formula is C29H31ClN2O3. The second kappa shape index (κ2) is 11.9. The van der Waals surface area contributed by atoms with Crippen LogP contribution in [0.5, 0.6) is 5.75 Å². The number of halogens is 1. The summed E-state index contributed by atoms with van der Waals surface area (Å²) >= 11 is 5.90. The van der Waals surface area contributed by atoms with E-state index in [4.69, 9.17) is 16.3 Å².